The average Bonchev–Trinajstić information content (AvgIpc) is 2.47. The molecule has 2 aromatic rings. The minimum absolute atomic E-state index is 0.0405. The predicted molar refractivity (Wildman–Crippen MR) is 86.0 cm³/mol. The first-order valence-electron chi connectivity index (χ1n) is 7.29. The number of para-hydroxylation sites is 1. The van der Waals surface area contributed by atoms with Crippen LogP contribution in [-0.2, 0) is 5.41 Å². The Labute approximate surface area is 126 Å². The van der Waals surface area contributed by atoms with Crippen molar-refractivity contribution in [3.05, 3.63) is 65.7 Å². The van der Waals surface area contributed by atoms with Gasteiger partial charge in [0, 0.05) is 0 Å². The lowest BCUT2D eigenvalue weighted by atomic mass is 9.78. The Balaban J connectivity index is 2.40. The van der Waals surface area contributed by atoms with Crippen LogP contribution < -0.4 is 4.74 Å². The van der Waals surface area contributed by atoms with Gasteiger partial charge >= 0.3 is 0 Å². The van der Waals surface area contributed by atoms with E-state index in [2.05, 4.69) is 0 Å². The number of carbonyl (C=O) groups is 1. The van der Waals surface area contributed by atoms with E-state index in [1.807, 2.05) is 82.3 Å². The van der Waals surface area contributed by atoms with Crippen LogP contribution in [0, 0.1) is 0 Å². The van der Waals surface area contributed by atoms with E-state index in [0.29, 0.717) is 11.3 Å². The molecule has 0 N–H and O–H groups in total. The van der Waals surface area contributed by atoms with E-state index in [1.54, 1.807) is 0 Å². The van der Waals surface area contributed by atoms with Crippen molar-refractivity contribution in [1.82, 2.24) is 0 Å². The molecule has 21 heavy (non-hydrogen) atoms. The van der Waals surface area contributed by atoms with Crippen molar-refractivity contribution < 1.29 is 9.53 Å². The Kier molecular flexibility index (Phi) is 4.46. The Hall–Kier alpha value is -2.09. The van der Waals surface area contributed by atoms with Crippen LogP contribution in [0.4, 0.5) is 0 Å². The summed E-state index contributed by atoms with van der Waals surface area (Å²) in [6, 6.07) is 17.3. The first kappa shape index (κ1) is 15.3. The molecule has 0 saturated carbocycles. The number of hydrogen-bond donors (Lipinski definition) is 0. The summed E-state index contributed by atoms with van der Waals surface area (Å²) in [6.07, 6.45) is 0.0405. The zero-order valence-electron chi connectivity index (χ0n) is 13.1. The van der Waals surface area contributed by atoms with Gasteiger partial charge in [-0.1, -0.05) is 42.5 Å². The molecule has 0 aromatic heterocycles. The molecule has 0 bridgehead atoms. The van der Waals surface area contributed by atoms with E-state index in [9.17, 15) is 4.79 Å². The average molecular weight is 282 g/mol. The van der Waals surface area contributed by atoms with Gasteiger partial charge in [0.1, 0.15) is 5.75 Å². The van der Waals surface area contributed by atoms with Gasteiger partial charge in [-0.15, -0.1) is 0 Å². The summed E-state index contributed by atoms with van der Waals surface area (Å²) in [4.78, 5) is 13.0. The predicted octanol–water partition coefficient (Wildman–Crippen LogP) is 4.63. The number of carbonyl (C=O) groups excluding carboxylic acids is 1. The normalized spacial score (nSPS) is 11.5. The van der Waals surface area contributed by atoms with Gasteiger partial charge in [-0.3, -0.25) is 4.79 Å². The van der Waals surface area contributed by atoms with Crippen LogP contribution in [0.3, 0.4) is 0 Å². The minimum atomic E-state index is -0.586. The van der Waals surface area contributed by atoms with Gasteiger partial charge in [0.2, 0.25) is 0 Å². The van der Waals surface area contributed by atoms with Crippen LogP contribution in [0.25, 0.3) is 0 Å². The van der Waals surface area contributed by atoms with Crippen molar-refractivity contribution in [3.63, 3.8) is 0 Å². The van der Waals surface area contributed by atoms with Gasteiger partial charge in [0.25, 0.3) is 0 Å². The molecule has 2 rings (SSSR count). The molecule has 0 amide bonds. The van der Waals surface area contributed by atoms with Crippen LogP contribution in [0.5, 0.6) is 5.75 Å². The summed E-state index contributed by atoms with van der Waals surface area (Å²) in [6.45, 7) is 7.83. The van der Waals surface area contributed by atoms with Crippen molar-refractivity contribution in [3.8, 4) is 5.75 Å². The van der Waals surface area contributed by atoms with E-state index in [4.69, 9.17) is 4.74 Å². The van der Waals surface area contributed by atoms with Gasteiger partial charge in [0.15, 0.2) is 5.78 Å². The molecular formula is C19H22O2. The second-order valence-electron chi connectivity index (χ2n) is 5.98. The second-order valence-corrected chi connectivity index (χ2v) is 5.98. The lowest BCUT2D eigenvalue weighted by Crippen LogP contribution is -2.29. The Morgan fingerprint density at radius 2 is 1.52 bits per heavy atom. The monoisotopic (exact) mass is 282 g/mol. The molecule has 0 unspecified atom stereocenters. The van der Waals surface area contributed by atoms with Gasteiger partial charge < -0.3 is 4.74 Å². The fourth-order valence-electron chi connectivity index (χ4n) is 2.33. The Bertz CT molecular complexity index is 612. The summed E-state index contributed by atoms with van der Waals surface area (Å²) in [5.74, 6) is 0.728. The quantitative estimate of drug-likeness (QED) is 0.747. The third-order valence-corrected chi connectivity index (χ3v) is 3.56. The Morgan fingerprint density at radius 1 is 0.952 bits per heavy atom. The summed E-state index contributed by atoms with van der Waals surface area (Å²) in [5.41, 5.74) is 1.06. The summed E-state index contributed by atoms with van der Waals surface area (Å²) < 4.78 is 5.78. The van der Waals surface area contributed by atoms with Crippen molar-refractivity contribution in [2.24, 2.45) is 0 Å². The molecule has 110 valence electrons. The fraction of sp³-hybridized carbons (Fsp3) is 0.316. The maximum absolute atomic E-state index is 13.0. The van der Waals surface area contributed by atoms with Crippen LogP contribution >= 0.6 is 0 Å². The van der Waals surface area contributed by atoms with Crippen molar-refractivity contribution in [2.45, 2.75) is 39.2 Å². The van der Waals surface area contributed by atoms with E-state index in [0.717, 1.165) is 5.56 Å². The standard InChI is InChI=1S/C19H22O2/c1-14(2)21-17-13-9-8-12-16(17)18(20)19(3,4)15-10-6-5-7-11-15/h5-14H,1-4H3. The molecule has 0 atom stereocenters. The summed E-state index contributed by atoms with van der Waals surface area (Å²) in [5, 5.41) is 0. The molecule has 2 heteroatoms. The highest BCUT2D eigenvalue weighted by Gasteiger charge is 2.32. The molecule has 2 aromatic carbocycles. The molecule has 0 heterocycles. The molecule has 0 aliphatic rings. The maximum Gasteiger partial charge on any atom is 0.176 e. The maximum atomic E-state index is 13.0. The first-order valence-corrected chi connectivity index (χ1v) is 7.29. The van der Waals surface area contributed by atoms with Gasteiger partial charge in [-0.25, -0.2) is 0 Å². The van der Waals surface area contributed by atoms with Crippen molar-refractivity contribution in [2.75, 3.05) is 0 Å². The van der Waals surface area contributed by atoms with Crippen LogP contribution in [0.1, 0.15) is 43.6 Å². The van der Waals surface area contributed by atoms with Crippen molar-refractivity contribution >= 4 is 5.78 Å². The lowest BCUT2D eigenvalue weighted by Gasteiger charge is -2.25. The second kappa shape index (κ2) is 6.13. The third kappa shape index (κ3) is 3.33. The smallest absolute Gasteiger partial charge is 0.176 e. The topological polar surface area (TPSA) is 26.3 Å². The molecule has 0 spiro atoms. The lowest BCUT2D eigenvalue weighted by molar-refractivity contribution is 0.0902. The molecule has 0 aliphatic carbocycles. The number of Topliss-reactive ketones (excluding diaryl/α,β-unsaturated/α-hetero) is 1. The van der Waals surface area contributed by atoms with Gasteiger partial charge in [-0.05, 0) is 45.4 Å². The van der Waals surface area contributed by atoms with Crippen LogP contribution in [0.15, 0.2) is 54.6 Å². The molecule has 0 saturated heterocycles. The van der Waals surface area contributed by atoms with Gasteiger partial charge in [-0.2, -0.15) is 0 Å². The van der Waals surface area contributed by atoms with E-state index in [-0.39, 0.29) is 11.9 Å². The Morgan fingerprint density at radius 3 is 2.14 bits per heavy atom. The highest BCUT2D eigenvalue weighted by Crippen LogP contribution is 2.31. The zero-order valence-corrected chi connectivity index (χ0v) is 13.1. The van der Waals surface area contributed by atoms with E-state index < -0.39 is 5.41 Å². The molecular weight excluding hydrogens is 260 g/mol. The molecule has 0 fully saturated rings. The van der Waals surface area contributed by atoms with Crippen molar-refractivity contribution in [1.29, 1.82) is 0 Å². The van der Waals surface area contributed by atoms with Gasteiger partial charge in [0.05, 0.1) is 17.1 Å². The van der Waals surface area contributed by atoms with E-state index in [1.165, 1.54) is 0 Å². The molecule has 0 aliphatic heterocycles. The molecule has 2 nitrogen and oxygen atoms in total. The third-order valence-electron chi connectivity index (χ3n) is 3.56. The van der Waals surface area contributed by atoms with Crippen LogP contribution in [0.2, 0.25) is 0 Å². The summed E-state index contributed by atoms with van der Waals surface area (Å²) >= 11 is 0. The minimum Gasteiger partial charge on any atom is -0.490 e. The number of hydrogen-bond acceptors (Lipinski definition) is 2. The SMILES string of the molecule is CC(C)Oc1ccccc1C(=O)C(C)(C)c1ccccc1. The highest BCUT2D eigenvalue weighted by molar-refractivity contribution is 6.05. The fourth-order valence-corrected chi connectivity index (χ4v) is 2.33. The van der Waals surface area contributed by atoms with Crippen LogP contribution in [-0.4, -0.2) is 11.9 Å². The molecule has 0 radical (unpaired) electrons. The first-order chi connectivity index (χ1) is 9.93. The van der Waals surface area contributed by atoms with E-state index >= 15 is 0 Å². The largest absolute Gasteiger partial charge is 0.490 e. The number of rotatable bonds is 5. The highest BCUT2D eigenvalue weighted by atomic mass is 16.5. The number of benzene rings is 2. The zero-order chi connectivity index (χ0) is 15.5. The number of ether oxygens (including phenoxy) is 1. The number of ketones is 1. The summed E-state index contributed by atoms with van der Waals surface area (Å²) in [7, 11) is 0.